The minimum absolute atomic E-state index is 0.164. The van der Waals surface area contributed by atoms with E-state index in [9.17, 15) is 9.18 Å². The van der Waals surface area contributed by atoms with Crippen LogP contribution < -0.4 is 10.2 Å². The zero-order valence-electron chi connectivity index (χ0n) is 14.9. The molecule has 7 heteroatoms. The molecule has 4 rings (SSSR count). The first kappa shape index (κ1) is 17.9. The van der Waals surface area contributed by atoms with Gasteiger partial charge in [-0.1, -0.05) is 23.5 Å². The fourth-order valence-corrected chi connectivity index (χ4v) is 4.21. The molecule has 0 radical (unpaired) electrons. The predicted molar refractivity (Wildman–Crippen MR) is 107 cm³/mol. The number of piperazine rings is 1. The Labute approximate surface area is 161 Å². The van der Waals surface area contributed by atoms with Crippen LogP contribution in [-0.2, 0) is 0 Å². The number of thiazole rings is 1. The summed E-state index contributed by atoms with van der Waals surface area (Å²) in [5.41, 5.74) is 1.54. The van der Waals surface area contributed by atoms with E-state index in [0.717, 1.165) is 43.4 Å². The molecule has 5 nitrogen and oxygen atoms in total. The van der Waals surface area contributed by atoms with Crippen LogP contribution in [0.3, 0.4) is 0 Å². The molecule has 0 bridgehead atoms. The van der Waals surface area contributed by atoms with Gasteiger partial charge in [0, 0.05) is 44.8 Å². The van der Waals surface area contributed by atoms with E-state index in [1.165, 1.54) is 29.0 Å². The van der Waals surface area contributed by atoms with E-state index in [2.05, 4.69) is 27.2 Å². The molecule has 1 saturated heterocycles. The van der Waals surface area contributed by atoms with Crippen LogP contribution in [0.2, 0.25) is 0 Å². The molecule has 1 fully saturated rings. The van der Waals surface area contributed by atoms with Gasteiger partial charge in [0.25, 0.3) is 5.91 Å². The van der Waals surface area contributed by atoms with Crippen LogP contribution in [-0.4, -0.2) is 55.1 Å². The van der Waals surface area contributed by atoms with Crippen LogP contribution in [0.1, 0.15) is 10.4 Å². The Balaban J connectivity index is 1.23. The molecule has 0 unspecified atom stereocenters. The van der Waals surface area contributed by atoms with Crippen LogP contribution >= 0.6 is 11.3 Å². The van der Waals surface area contributed by atoms with Crippen LogP contribution in [0.25, 0.3) is 10.2 Å². The third kappa shape index (κ3) is 4.26. The highest BCUT2D eigenvalue weighted by atomic mass is 32.1. The predicted octanol–water partition coefficient (Wildman–Crippen LogP) is 2.99. The summed E-state index contributed by atoms with van der Waals surface area (Å²) in [6.07, 6.45) is 0. The average Bonchev–Trinajstić information content (AvgIpc) is 3.13. The van der Waals surface area contributed by atoms with Gasteiger partial charge < -0.3 is 10.2 Å². The number of aromatic nitrogens is 1. The Morgan fingerprint density at radius 1 is 1.07 bits per heavy atom. The average molecular weight is 384 g/mol. The van der Waals surface area contributed by atoms with Gasteiger partial charge in [-0.2, -0.15) is 0 Å². The summed E-state index contributed by atoms with van der Waals surface area (Å²) in [4.78, 5) is 21.5. The van der Waals surface area contributed by atoms with Crippen molar-refractivity contribution < 1.29 is 9.18 Å². The number of amides is 1. The second kappa shape index (κ2) is 8.02. The molecular formula is C20H21FN4OS. The minimum atomic E-state index is -0.336. The number of fused-ring (bicyclic) bond motifs is 1. The van der Waals surface area contributed by atoms with Gasteiger partial charge >= 0.3 is 0 Å². The number of benzene rings is 2. The van der Waals surface area contributed by atoms with E-state index in [-0.39, 0.29) is 11.7 Å². The molecule has 1 aromatic heterocycles. The van der Waals surface area contributed by atoms with Crippen molar-refractivity contribution in [3.8, 4) is 0 Å². The zero-order valence-corrected chi connectivity index (χ0v) is 15.7. The van der Waals surface area contributed by atoms with Gasteiger partial charge in [0.05, 0.1) is 10.2 Å². The monoisotopic (exact) mass is 384 g/mol. The number of para-hydroxylation sites is 1. The Morgan fingerprint density at radius 2 is 1.81 bits per heavy atom. The summed E-state index contributed by atoms with van der Waals surface area (Å²) in [5, 5.41) is 3.98. The second-order valence-electron chi connectivity index (χ2n) is 6.56. The molecule has 1 N–H and O–H groups in total. The van der Waals surface area contributed by atoms with E-state index in [1.54, 1.807) is 11.3 Å². The molecule has 27 heavy (non-hydrogen) atoms. The molecule has 1 aliphatic rings. The maximum Gasteiger partial charge on any atom is 0.251 e. The van der Waals surface area contributed by atoms with Gasteiger partial charge in [-0.3, -0.25) is 9.69 Å². The summed E-state index contributed by atoms with van der Waals surface area (Å²) >= 11 is 1.74. The summed E-state index contributed by atoms with van der Waals surface area (Å²) < 4.78 is 14.1. The minimum Gasteiger partial charge on any atom is -0.351 e. The molecule has 2 aromatic carbocycles. The van der Waals surface area contributed by atoms with Gasteiger partial charge in [0.2, 0.25) is 0 Å². The standard InChI is InChI=1S/C20H21FN4OS/c21-16-7-5-15(6-8-16)19(26)22-9-10-24-11-13-25(14-12-24)20-23-17-3-1-2-4-18(17)27-20/h1-8H,9-14H2,(H,22,26). The first-order chi connectivity index (χ1) is 13.2. The molecular weight excluding hydrogens is 363 g/mol. The van der Waals surface area contributed by atoms with E-state index in [4.69, 9.17) is 4.98 Å². The van der Waals surface area contributed by atoms with Gasteiger partial charge in [-0.25, -0.2) is 9.37 Å². The molecule has 1 amide bonds. The Morgan fingerprint density at radius 3 is 2.56 bits per heavy atom. The van der Waals surface area contributed by atoms with Crippen LogP contribution in [0.4, 0.5) is 9.52 Å². The number of anilines is 1. The molecule has 0 saturated carbocycles. The molecule has 2 heterocycles. The van der Waals surface area contributed by atoms with Crippen LogP contribution in [0, 0.1) is 5.82 Å². The molecule has 0 atom stereocenters. The molecule has 140 valence electrons. The van der Waals surface area contributed by atoms with Gasteiger partial charge in [-0.15, -0.1) is 0 Å². The number of nitrogens with one attached hydrogen (secondary N) is 1. The van der Waals surface area contributed by atoms with Gasteiger partial charge in [0.15, 0.2) is 5.13 Å². The van der Waals surface area contributed by atoms with Crippen molar-refractivity contribution in [2.75, 3.05) is 44.2 Å². The summed E-state index contributed by atoms with van der Waals surface area (Å²) in [5.74, 6) is -0.499. The van der Waals surface area contributed by atoms with Crippen LogP contribution in [0.15, 0.2) is 48.5 Å². The maximum atomic E-state index is 12.9. The first-order valence-corrected chi connectivity index (χ1v) is 9.87. The number of carbonyl (C=O) groups excluding carboxylic acids is 1. The van der Waals surface area contributed by atoms with Crippen molar-refractivity contribution in [1.29, 1.82) is 0 Å². The maximum absolute atomic E-state index is 12.9. The van der Waals surface area contributed by atoms with E-state index in [1.807, 2.05) is 12.1 Å². The molecule has 1 aliphatic heterocycles. The van der Waals surface area contributed by atoms with Crippen molar-refractivity contribution >= 4 is 32.6 Å². The lowest BCUT2D eigenvalue weighted by atomic mass is 10.2. The second-order valence-corrected chi connectivity index (χ2v) is 7.56. The largest absolute Gasteiger partial charge is 0.351 e. The van der Waals surface area contributed by atoms with E-state index in [0.29, 0.717) is 12.1 Å². The fourth-order valence-electron chi connectivity index (χ4n) is 3.19. The highest BCUT2D eigenvalue weighted by Crippen LogP contribution is 2.28. The van der Waals surface area contributed by atoms with Gasteiger partial charge in [0.1, 0.15) is 5.82 Å². The van der Waals surface area contributed by atoms with Crippen molar-refractivity contribution in [2.24, 2.45) is 0 Å². The number of carbonyl (C=O) groups is 1. The number of halogens is 1. The summed E-state index contributed by atoms with van der Waals surface area (Å²) in [6, 6.07) is 13.8. The quantitative estimate of drug-likeness (QED) is 0.735. The lowest BCUT2D eigenvalue weighted by Gasteiger charge is -2.34. The smallest absolute Gasteiger partial charge is 0.251 e. The van der Waals surface area contributed by atoms with Crippen LogP contribution in [0.5, 0.6) is 0 Å². The third-order valence-electron chi connectivity index (χ3n) is 4.75. The summed E-state index contributed by atoms with van der Waals surface area (Å²) in [7, 11) is 0. The normalized spacial score (nSPS) is 15.2. The Bertz CT molecular complexity index is 886. The highest BCUT2D eigenvalue weighted by molar-refractivity contribution is 7.22. The van der Waals surface area contributed by atoms with E-state index < -0.39 is 0 Å². The SMILES string of the molecule is O=C(NCCN1CCN(c2nc3ccccc3s2)CC1)c1ccc(F)cc1. The molecule has 3 aromatic rings. The lowest BCUT2D eigenvalue weighted by Crippen LogP contribution is -2.48. The van der Waals surface area contributed by atoms with Crippen molar-refractivity contribution in [3.63, 3.8) is 0 Å². The summed E-state index contributed by atoms with van der Waals surface area (Å²) in [6.45, 7) is 5.15. The molecule has 0 aliphatic carbocycles. The Hall–Kier alpha value is -2.51. The topological polar surface area (TPSA) is 48.5 Å². The fraction of sp³-hybridized carbons (Fsp3) is 0.300. The highest BCUT2D eigenvalue weighted by Gasteiger charge is 2.19. The number of rotatable bonds is 5. The van der Waals surface area contributed by atoms with E-state index >= 15 is 0 Å². The number of hydrogen-bond donors (Lipinski definition) is 1. The first-order valence-electron chi connectivity index (χ1n) is 9.06. The van der Waals surface area contributed by atoms with Crippen molar-refractivity contribution in [3.05, 3.63) is 59.9 Å². The molecule has 0 spiro atoms. The van der Waals surface area contributed by atoms with Gasteiger partial charge in [-0.05, 0) is 36.4 Å². The van der Waals surface area contributed by atoms with Crippen molar-refractivity contribution in [2.45, 2.75) is 0 Å². The zero-order chi connectivity index (χ0) is 18.6. The number of hydrogen-bond acceptors (Lipinski definition) is 5. The lowest BCUT2D eigenvalue weighted by molar-refractivity contribution is 0.0947. The number of nitrogens with zero attached hydrogens (tertiary/aromatic N) is 3. The third-order valence-corrected chi connectivity index (χ3v) is 5.84. The Kier molecular flexibility index (Phi) is 5.31. The van der Waals surface area contributed by atoms with Crippen molar-refractivity contribution in [1.82, 2.24) is 15.2 Å².